The van der Waals surface area contributed by atoms with Gasteiger partial charge in [-0.1, -0.05) is 23.7 Å². The van der Waals surface area contributed by atoms with Crippen LogP contribution >= 0.6 is 11.6 Å². The van der Waals surface area contributed by atoms with E-state index < -0.39 is 5.97 Å². The van der Waals surface area contributed by atoms with E-state index in [1.54, 1.807) is 35.7 Å². The number of nitrogens with zero attached hydrogens (tertiary/aromatic N) is 2. The SMILES string of the molecule is CC(=O)Oc1c(C)nn2c(Cl)ccc2c1-c1ccc(F)cc1. The largest absolute Gasteiger partial charge is 0.424 e. The van der Waals surface area contributed by atoms with Crippen molar-refractivity contribution in [3.05, 3.63) is 53.1 Å². The Balaban J connectivity index is 2.36. The lowest BCUT2D eigenvalue weighted by atomic mass is 10.0. The van der Waals surface area contributed by atoms with Crippen LogP contribution in [0.2, 0.25) is 5.15 Å². The van der Waals surface area contributed by atoms with Gasteiger partial charge in [-0.15, -0.1) is 0 Å². The number of aryl methyl sites for hydroxylation is 1. The predicted molar refractivity (Wildman–Crippen MR) is 81.6 cm³/mol. The van der Waals surface area contributed by atoms with Crippen molar-refractivity contribution >= 4 is 23.1 Å². The first-order chi connectivity index (χ1) is 10.5. The zero-order valence-corrected chi connectivity index (χ0v) is 12.7. The summed E-state index contributed by atoms with van der Waals surface area (Å²) in [5.74, 6) is -0.440. The third-order valence-electron chi connectivity index (χ3n) is 3.25. The zero-order chi connectivity index (χ0) is 15.9. The van der Waals surface area contributed by atoms with E-state index in [1.165, 1.54) is 19.1 Å². The molecular weight excluding hydrogens is 307 g/mol. The van der Waals surface area contributed by atoms with E-state index in [9.17, 15) is 9.18 Å². The van der Waals surface area contributed by atoms with Crippen LogP contribution in [0.25, 0.3) is 16.6 Å². The van der Waals surface area contributed by atoms with Gasteiger partial charge in [0.1, 0.15) is 16.7 Å². The molecule has 0 N–H and O–H groups in total. The average Bonchev–Trinajstić information content (AvgIpc) is 2.82. The minimum Gasteiger partial charge on any atom is -0.424 e. The predicted octanol–water partition coefficient (Wildman–Crippen LogP) is 4.03. The summed E-state index contributed by atoms with van der Waals surface area (Å²) in [5.41, 5.74) is 2.55. The summed E-state index contributed by atoms with van der Waals surface area (Å²) in [5, 5.41) is 4.77. The third kappa shape index (κ3) is 2.44. The summed E-state index contributed by atoms with van der Waals surface area (Å²) >= 11 is 6.12. The number of benzene rings is 1. The van der Waals surface area contributed by atoms with Gasteiger partial charge in [-0.25, -0.2) is 8.91 Å². The molecule has 4 nitrogen and oxygen atoms in total. The van der Waals surface area contributed by atoms with Gasteiger partial charge in [0.05, 0.1) is 11.1 Å². The van der Waals surface area contributed by atoms with Crippen molar-refractivity contribution < 1.29 is 13.9 Å². The Morgan fingerprint density at radius 2 is 1.91 bits per heavy atom. The van der Waals surface area contributed by atoms with Crippen LogP contribution in [0.1, 0.15) is 12.6 Å². The summed E-state index contributed by atoms with van der Waals surface area (Å²) in [4.78, 5) is 11.4. The van der Waals surface area contributed by atoms with Crippen molar-refractivity contribution in [1.82, 2.24) is 9.61 Å². The topological polar surface area (TPSA) is 43.6 Å². The van der Waals surface area contributed by atoms with Gasteiger partial charge in [-0.2, -0.15) is 5.10 Å². The molecule has 0 saturated carbocycles. The van der Waals surface area contributed by atoms with Crippen LogP contribution in [0.3, 0.4) is 0 Å². The lowest BCUT2D eigenvalue weighted by molar-refractivity contribution is -0.131. The molecule has 1 aromatic carbocycles. The second-order valence-corrected chi connectivity index (χ2v) is 5.23. The van der Waals surface area contributed by atoms with E-state index in [-0.39, 0.29) is 5.82 Å². The van der Waals surface area contributed by atoms with E-state index in [1.807, 2.05) is 0 Å². The van der Waals surface area contributed by atoms with Gasteiger partial charge in [-0.3, -0.25) is 4.79 Å². The molecule has 0 aliphatic heterocycles. The Hall–Kier alpha value is -2.40. The highest BCUT2D eigenvalue weighted by atomic mass is 35.5. The van der Waals surface area contributed by atoms with Gasteiger partial charge in [-0.05, 0) is 36.8 Å². The normalized spacial score (nSPS) is 10.9. The summed E-state index contributed by atoms with van der Waals surface area (Å²) in [7, 11) is 0. The molecule has 0 aliphatic rings. The van der Waals surface area contributed by atoms with E-state index in [0.29, 0.717) is 33.2 Å². The molecule has 6 heteroatoms. The van der Waals surface area contributed by atoms with Crippen LogP contribution in [0.15, 0.2) is 36.4 Å². The maximum absolute atomic E-state index is 13.2. The molecule has 0 fully saturated rings. The maximum atomic E-state index is 13.2. The molecular formula is C16H12ClFN2O2. The highest BCUT2D eigenvalue weighted by Crippen LogP contribution is 2.37. The first-order valence-electron chi connectivity index (χ1n) is 6.59. The van der Waals surface area contributed by atoms with E-state index >= 15 is 0 Å². The number of hydrogen-bond donors (Lipinski definition) is 0. The minimum absolute atomic E-state index is 0.340. The smallest absolute Gasteiger partial charge is 0.308 e. The summed E-state index contributed by atoms with van der Waals surface area (Å²) in [6.07, 6.45) is 0. The molecule has 2 aromatic heterocycles. The number of ether oxygens (including phenoxy) is 1. The minimum atomic E-state index is -0.449. The van der Waals surface area contributed by atoms with E-state index in [4.69, 9.17) is 16.3 Å². The monoisotopic (exact) mass is 318 g/mol. The molecule has 0 radical (unpaired) electrons. The molecule has 3 aromatic rings. The van der Waals surface area contributed by atoms with Gasteiger partial charge in [0, 0.05) is 6.92 Å². The third-order valence-corrected chi connectivity index (χ3v) is 3.54. The Morgan fingerprint density at radius 3 is 2.55 bits per heavy atom. The summed E-state index contributed by atoms with van der Waals surface area (Å²) in [6.45, 7) is 3.05. The van der Waals surface area contributed by atoms with Crippen LogP contribution in [0, 0.1) is 12.7 Å². The van der Waals surface area contributed by atoms with Crippen molar-refractivity contribution in [3.63, 3.8) is 0 Å². The zero-order valence-electron chi connectivity index (χ0n) is 11.9. The van der Waals surface area contributed by atoms with Crippen LogP contribution < -0.4 is 4.74 Å². The molecule has 0 spiro atoms. The molecule has 0 aliphatic carbocycles. The average molecular weight is 319 g/mol. The first-order valence-corrected chi connectivity index (χ1v) is 6.97. The number of fused-ring (bicyclic) bond motifs is 1. The number of carbonyl (C=O) groups is 1. The van der Waals surface area contributed by atoms with E-state index in [0.717, 1.165) is 0 Å². The Bertz CT molecular complexity index is 872. The lowest BCUT2D eigenvalue weighted by Crippen LogP contribution is -2.08. The van der Waals surface area contributed by atoms with Crippen molar-refractivity contribution in [2.24, 2.45) is 0 Å². The maximum Gasteiger partial charge on any atom is 0.308 e. The number of halogens is 2. The molecule has 0 amide bonds. The van der Waals surface area contributed by atoms with Crippen LogP contribution in [0.4, 0.5) is 4.39 Å². The highest BCUT2D eigenvalue weighted by molar-refractivity contribution is 6.30. The number of aromatic nitrogens is 2. The fourth-order valence-corrected chi connectivity index (χ4v) is 2.54. The van der Waals surface area contributed by atoms with Crippen molar-refractivity contribution in [2.75, 3.05) is 0 Å². The summed E-state index contributed by atoms with van der Waals surface area (Å²) < 4.78 is 20.1. The highest BCUT2D eigenvalue weighted by Gasteiger charge is 2.19. The molecule has 0 unspecified atom stereocenters. The van der Waals surface area contributed by atoms with Gasteiger partial charge < -0.3 is 4.74 Å². The molecule has 2 heterocycles. The second kappa shape index (κ2) is 5.42. The Morgan fingerprint density at radius 1 is 1.23 bits per heavy atom. The quantitative estimate of drug-likeness (QED) is 0.670. The van der Waals surface area contributed by atoms with Crippen molar-refractivity contribution in [3.8, 4) is 16.9 Å². The van der Waals surface area contributed by atoms with Crippen molar-refractivity contribution in [2.45, 2.75) is 13.8 Å². The van der Waals surface area contributed by atoms with Crippen LogP contribution in [-0.4, -0.2) is 15.6 Å². The molecule has 0 bridgehead atoms. The molecule has 22 heavy (non-hydrogen) atoms. The first kappa shape index (κ1) is 14.5. The summed E-state index contributed by atoms with van der Waals surface area (Å²) in [6, 6.07) is 9.43. The number of rotatable bonds is 2. The Kier molecular flexibility index (Phi) is 3.58. The molecule has 3 rings (SSSR count). The van der Waals surface area contributed by atoms with Gasteiger partial charge in [0.2, 0.25) is 0 Å². The number of carbonyl (C=O) groups excluding carboxylic acids is 1. The van der Waals surface area contributed by atoms with Crippen molar-refractivity contribution in [1.29, 1.82) is 0 Å². The molecule has 0 saturated heterocycles. The molecule has 112 valence electrons. The van der Waals surface area contributed by atoms with Crippen LogP contribution in [-0.2, 0) is 4.79 Å². The fraction of sp³-hybridized carbons (Fsp3) is 0.125. The lowest BCUT2D eigenvalue weighted by Gasteiger charge is -2.14. The number of hydrogen-bond acceptors (Lipinski definition) is 3. The standard InChI is InChI=1S/C16H12ClFN2O2/c1-9-16(22-10(2)21)15(11-3-5-12(18)6-4-11)13-7-8-14(17)20(13)19-9/h3-8H,1-2H3. The van der Waals surface area contributed by atoms with Gasteiger partial charge >= 0.3 is 5.97 Å². The fourth-order valence-electron chi connectivity index (χ4n) is 2.35. The van der Waals surface area contributed by atoms with E-state index in [2.05, 4.69) is 5.10 Å². The number of esters is 1. The second-order valence-electron chi connectivity index (χ2n) is 4.84. The van der Waals surface area contributed by atoms with Gasteiger partial charge in [0.15, 0.2) is 5.75 Å². The van der Waals surface area contributed by atoms with Gasteiger partial charge in [0.25, 0.3) is 0 Å². The Labute approximate surface area is 131 Å². The molecule has 0 atom stereocenters. The van der Waals surface area contributed by atoms with Crippen LogP contribution in [0.5, 0.6) is 5.75 Å².